The smallest absolute Gasteiger partial charge is 0.361 e. The molecular weight excluding hydrogens is 258 g/mol. The first-order valence-corrected chi connectivity index (χ1v) is 6.43. The van der Waals surface area contributed by atoms with Crippen molar-refractivity contribution in [2.24, 2.45) is 0 Å². The fourth-order valence-corrected chi connectivity index (χ4v) is 2.05. The van der Waals surface area contributed by atoms with Gasteiger partial charge in [0.2, 0.25) is 0 Å². The maximum atomic E-state index is 11.4. The van der Waals surface area contributed by atoms with Crippen LogP contribution in [0.4, 0.5) is 0 Å². The van der Waals surface area contributed by atoms with Gasteiger partial charge in [-0.3, -0.25) is 0 Å². The number of aromatic carboxylic acids is 1. The minimum Gasteiger partial charge on any atom is -0.476 e. The van der Waals surface area contributed by atoms with Gasteiger partial charge in [-0.2, -0.15) is 4.74 Å². The van der Waals surface area contributed by atoms with Crippen LogP contribution in [0, 0.1) is 6.92 Å². The van der Waals surface area contributed by atoms with E-state index < -0.39 is 11.6 Å². The Kier molecular flexibility index (Phi) is 3.79. The summed E-state index contributed by atoms with van der Waals surface area (Å²) in [7, 11) is 0. The Morgan fingerprint density at radius 2 is 1.90 bits per heavy atom. The van der Waals surface area contributed by atoms with E-state index >= 15 is 0 Å². The molecule has 1 aromatic carbocycles. The second kappa shape index (κ2) is 5.36. The van der Waals surface area contributed by atoms with Crippen molar-refractivity contribution >= 4 is 5.97 Å². The third-order valence-electron chi connectivity index (χ3n) is 3.28. The Balaban J connectivity index is 2.33. The molecule has 0 aliphatic rings. The van der Waals surface area contributed by atoms with Crippen molar-refractivity contribution in [1.82, 2.24) is 4.74 Å². The minimum atomic E-state index is -1.16. The Hall–Kier alpha value is -2.30. The highest BCUT2D eigenvalue weighted by molar-refractivity contribution is 5.87. The van der Waals surface area contributed by atoms with E-state index in [4.69, 9.17) is 9.63 Å². The molecule has 0 bridgehead atoms. The first kappa shape index (κ1) is 14.1. The summed E-state index contributed by atoms with van der Waals surface area (Å²) in [5, 5.41) is 9.14. The Bertz CT molecular complexity index is 677. The van der Waals surface area contributed by atoms with E-state index in [1.165, 1.54) is 12.5 Å². The Labute approximate surface area is 116 Å². The summed E-state index contributed by atoms with van der Waals surface area (Å²) in [6.45, 7) is 5.88. The number of rotatable bonds is 4. The molecule has 0 fully saturated rings. The van der Waals surface area contributed by atoms with Crippen LogP contribution in [-0.2, 0) is 6.54 Å². The molecule has 106 valence electrons. The highest BCUT2D eigenvalue weighted by atomic mass is 16.5. The van der Waals surface area contributed by atoms with Crippen molar-refractivity contribution in [3.05, 3.63) is 57.1 Å². The summed E-state index contributed by atoms with van der Waals surface area (Å²) >= 11 is 0. The highest BCUT2D eigenvalue weighted by Crippen LogP contribution is 2.16. The molecule has 1 aromatic heterocycles. The molecule has 20 heavy (non-hydrogen) atoms. The van der Waals surface area contributed by atoms with E-state index in [9.17, 15) is 9.59 Å². The molecule has 5 nitrogen and oxygen atoms in total. The summed E-state index contributed by atoms with van der Waals surface area (Å²) in [5.41, 5.74) is 1.51. The van der Waals surface area contributed by atoms with Crippen molar-refractivity contribution in [2.45, 2.75) is 33.2 Å². The van der Waals surface area contributed by atoms with Crippen LogP contribution in [0.1, 0.15) is 46.9 Å². The van der Waals surface area contributed by atoms with Crippen molar-refractivity contribution in [2.75, 3.05) is 0 Å². The zero-order chi connectivity index (χ0) is 14.9. The maximum Gasteiger partial charge on any atom is 0.361 e. The fraction of sp³-hybridized carbons (Fsp3) is 0.333. The normalized spacial score (nSPS) is 11.0. The average molecular weight is 275 g/mol. The fourth-order valence-electron chi connectivity index (χ4n) is 2.05. The largest absolute Gasteiger partial charge is 0.476 e. The van der Waals surface area contributed by atoms with Gasteiger partial charge in [0.25, 0.3) is 0 Å². The van der Waals surface area contributed by atoms with E-state index in [1.54, 1.807) is 0 Å². The van der Waals surface area contributed by atoms with Crippen LogP contribution in [-0.4, -0.2) is 15.8 Å². The zero-order valence-electron chi connectivity index (χ0n) is 11.7. The third-order valence-corrected chi connectivity index (χ3v) is 3.28. The molecule has 0 aliphatic carbocycles. The van der Waals surface area contributed by atoms with Gasteiger partial charge < -0.3 is 9.63 Å². The first-order chi connectivity index (χ1) is 9.40. The van der Waals surface area contributed by atoms with Crippen LogP contribution < -0.4 is 5.63 Å². The van der Waals surface area contributed by atoms with Gasteiger partial charge >= 0.3 is 11.6 Å². The lowest BCUT2D eigenvalue weighted by atomic mass is 10.0. The Morgan fingerprint density at radius 3 is 2.40 bits per heavy atom. The summed E-state index contributed by atoms with van der Waals surface area (Å²) in [6.07, 6.45) is 0. The average Bonchev–Trinajstić information content (AvgIpc) is 2.65. The lowest BCUT2D eigenvalue weighted by molar-refractivity contribution is 0.0669. The van der Waals surface area contributed by atoms with E-state index in [-0.39, 0.29) is 17.8 Å². The minimum absolute atomic E-state index is 0.0945. The van der Waals surface area contributed by atoms with E-state index in [0.717, 1.165) is 10.3 Å². The van der Waals surface area contributed by atoms with Crippen LogP contribution in [0.15, 0.2) is 33.6 Å². The number of carboxylic acids is 1. The van der Waals surface area contributed by atoms with Gasteiger partial charge in [-0.1, -0.05) is 38.1 Å². The summed E-state index contributed by atoms with van der Waals surface area (Å²) < 4.78 is 6.10. The molecule has 0 atom stereocenters. The number of carboxylic acid groups (broad SMARTS) is 1. The molecule has 0 unspecified atom stereocenters. The zero-order valence-corrected chi connectivity index (χ0v) is 11.7. The molecule has 0 aliphatic heterocycles. The van der Waals surface area contributed by atoms with Crippen molar-refractivity contribution in [3.8, 4) is 0 Å². The summed E-state index contributed by atoms with van der Waals surface area (Å²) in [4.78, 5) is 22.6. The number of benzene rings is 1. The van der Waals surface area contributed by atoms with Gasteiger partial charge in [-0.15, -0.1) is 0 Å². The van der Waals surface area contributed by atoms with Crippen LogP contribution in [0.25, 0.3) is 0 Å². The van der Waals surface area contributed by atoms with Gasteiger partial charge in [0.15, 0.2) is 5.69 Å². The topological polar surface area (TPSA) is 72.4 Å². The molecule has 0 saturated heterocycles. The van der Waals surface area contributed by atoms with Crippen molar-refractivity contribution < 1.29 is 14.4 Å². The van der Waals surface area contributed by atoms with Gasteiger partial charge in [0.1, 0.15) is 0 Å². The number of hydrogen-bond donors (Lipinski definition) is 1. The van der Waals surface area contributed by atoms with Crippen LogP contribution >= 0.6 is 0 Å². The van der Waals surface area contributed by atoms with Gasteiger partial charge in [0, 0.05) is 0 Å². The molecule has 1 heterocycles. The SMILES string of the molecule is Cc1c(C(=O)O)n(Cc2ccc(C(C)C)cc2)oc1=O. The number of nitrogens with zero attached hydrogens (tertiary/aromatic N) is 1. The van der Waals surface area contributed by atoms with Crippen molar-refractivity contribution in [1.29, 1.82) is 0 Å². The predicted octanol–water partition coefficient (Wildman–Crippen LogP) is 2.62. The van der Waals surface area contributed by atoms with E-state index in [1.807, 2.05) is 24.3 Å². The third kappa shape index (κ3) is 2.66. The molecule has 2 aromatic rings. The van der Waals surface area contributed by atoms with Gasteiger partial charge in [0.05, 0.1) is 12.1 Å². The predicted molar refractivity (Wildman–Crippen MR) is 74.3 cm³/mol. The first-order valence-electron chi connectivity index (χ1n) is 6.43. The standard InChI is InChI=1S/C15H17NO4/c1-9(2)12-6-4-11(5-7-12)8-16-13(14(17)18)10(3)15(19)20-16/h4-7,9H,8H2,1-3H3,(H,17,18). The Morgan fingerprint density at radius 1 is 1.30 bits per heavy atom. The highest BCUT2D eigenvalue weighted by Gasteiger charge is 2.19. The lowest BCUT2D eigenvalue weighted by Crippen LogP contribution is -2.10. The van der Waals surface area contributed by atoms with Crippen LogP contribution in [0.5, 0.6) is 0 Å². The summed E-state index contributed by atoms with van der Waals surface area (Å²) in [5.74, 6) is -0.725. The molecule has 1 N–H and O–H groups in total. The molecular formula is C15H17NO4. The monoisotopic (exact) mass is 275 g/mol. The quantitative estimate of drug-likeness (QED) is 0.931. The molecule has 5 heteroatoms. The number of aromatic nitrogens is 1. The van der Waals surface area contributed by atoms with E-state index in [2.05, 4.69) is 13.8 Å². The number of carbonyl (C=O) groups is 1. The van der Waals surface area contributed by atoms with Crippen LogP contribution in [0.2, 0.25) is 0 Å². The summed E-state index contributed by atoms with van der Waals surface area (Å²) in [6, 6.07) is 7.82. The van der Waals surface area contributed by atoms with E-state index in [0.29, 0.717) is 5.92 Å². The molecule has 0 saturated carbocycles. The molecule has 0 amide bonds. The second-order valence-corrected chi connectivity index (χ2v) is 5.09. The maximum absolute atomic E-state index is 11.4. The number of hydrogen-bond acceptors (Lipinski definition) is 3. The van der Waals surface area contributed by atoms with Gasteiger partial charge in [-0.25, -0.2) is 9.59 Å². The molecule has 0 spiro atoms. The van der Waals surface area contributed by atoms with Crippen LogP contribution in [0.3, 0.4) is 0 Å². The lowest BCUT2D eigenvalue weighted by Gasteiger charge is -2.07. The van der Waals surface area contributed by atoms with Gasteiger partial charge in [-0.05, 0) is 24.0 Å². The molecule has 0 radical (unpaired) electrons. The second-order valence-electron chi connectivity index (χ2n) is 5.09. The van der Waals surface area contributed by atoms with Crippen molar-refractivity contribution in [3.63, 3.8) is 0 Å². The molecule has 2 rings (SSSR count).